The van der Waals surface area contributed by atoms with Gasteiger partial charge in [0.15, 0.2) is 6.10 Å². The second-order valence-electron chi connectivity index (χ2n) is 16.7. The molecule has 0 heterocycles. The van der Waals surface area contributed by atoms with E-state index in [4.69, 9.17) is 14.2 Å². The molecule has 0 aromatic carbocycles. The molecular formula is C53H94O6. The first kappa shape index (κ1) is 56.4. The molecule has 0 fully saturated rings. The fourth-order valence-corrected chi connectivity index (χ4v) is 7.08. The van der Waals surface area contributed by atoms with E-state index in [1.54, 1.807) is 0 Å². The molecule has 6 nitrogen and oxygen atoms in total. The largest absolute Gasteiger partial charge is 0.462 e. The maximum Gasteiger partial charge on any atom is 0.306 e. The molecule has 0 aliphatic carbocycles. The van der Waals surface area contributed by atoms with Gasteiger partial charge in [0.05, 0.1) is 0 Å². The highest BCUT2D eigenvalue weighted by atomic mass is 16.6. The Labute approximate surface area is 365 Å². The summed E-state index contributed by atoms with van der Waals surface area (Å²) in [6, 6.07) is 0. The van der Waals surface area contributed by atoms with Gasteiger partial charge in [-0.05, 0) is 57.8 Å². The van der Waals surface area contributed by atoms with Crippen molar-refractivity contribution in [1.29, 1.82) is 0 Å². The summed E-state index contributed by atoms with van der Waals surface area (Å²) in [5.41, 5.74) is 0. The standard InChI is InChI=1S/C53H94O6/c1-4-7-10-13-15-17-19-20-21-22-23-24-25-26-27-28-29-30-31-32-34-35-37-40-43-46-52(55)58-49-50(48-57-51(54)45-42-39-12-9-6-3)59-53(56)47-44-41-38-36-33-18-16-14-11-8-5-2/h7,10,15,17,20-21,23-24,50H,4-6,8-9,11-14,16,18-19,22,25-49H2,1-3H3/b10-7-,17-15-,21-20-,24-23-. The van der Waals surface area contributed by atoms with Crippen molar-refractivity contribution in [3.05, 3.63) is 48.6 Å². The summed E-state index contributed by atoms with van der Waals surface area (Å²) in [6.07, 6.45) is 57.1. The van der Waals surface area contributed by atoms with Crippen LogP contribution in [0, 0.1) is 0 Å². The molecule has 0 aromatic heterocycles. The van der Waals surface area contributed by atoms with Crippen LogP contribution in [0.1, 0.15) is 252 Å². The Morgan fingerprint density at radius 3 is 1.03 bits per heavy atom. The quantitative estimate of drug-likeness (QED) is 0.0263. The zero-order valence-electron chi connectivity index (χ0n) is 39.0. The summed E-state index contributed by atoms with van der Waals surface area (Å²) in [5, 5.41) is 0. The molecule has 0 spiro atoms. The highest BCUT2D eigenvalue weighted by Crippen LogP contribution is 2.15. The van der Waals surface area contributed by atoms with E-state index < -0.39 is 6.10 Å². The van der Waals surface area contributed by atoms with Gasteiger partial charge in [-0.15, -0.1) is 0 Å². The number of carbonyl (C=O) groups excluding carboxylic acids is 3. The highest BCUT2D eigenvalue weighted by molar-refractivity contribution is 5.71. The van der Waals surface area contributed by atoms with Crippen LogP contribution in [0.15, 0.2) is 48.6 Å². The number of hydrogen-bond donors (Lipinski definition) is 0. The van der Waals surface area contributed by atoms with Gasteiger partial charge in [0.25, 0.3) is 0 Å². The van der Waals surface area contributed by atoms with E-state index in [0.29, 0.717) is 19.3 Å². The highest BCUT2D eigenvalue weighted by Gasteiger charge is 2.19. The van der Waals surface area contributed by atoms with Crippen LogP contribution in [-0.4, -0.2) is 37.2 Å². The summed E-state index contributed by atoms with van der Waals surface area (Å²) in [7, 11) is 0. The molecule has 0 aliphatic heterocycles. The van der Waals surface area contributed by atoms with Crippen molar-refractivity contribution < 1.29 is 28.6 Å². The van der Waals surface area contributed by atoms with Crippen LogP contribution >= 0.6 is 0 Å². The van der Waals surface area contributed by atoms with Gasteiger partial charge in [-0.1, -0.05) is 223 Å². The predicted octanol–water partition coefficient (Wildman–Crippen LogP) is 16.3. The summed E-state index contributed by atoms with van der Waals surface area (Å²) < 4.78 is 16.6. The van der Waals surface area contributed by atoms with E-state index in [1.807, 2.05) is 0 Å². The molecule has 0 saturated carbocycles. The van der Waals surface area contributed by atoms with Crippen LogP contribution in [0.25, 0.3) is 0 Å². The molecule has 1 atom stereocenters. The molecule has 0 radical (unpaired) electrons. The molecule has 0 amide bonds. The van der Waals surface area contributed by atoms with Crippen molar-refractivity contribution in [1.82, 2.24) is 0 Å². The zero-order chi connectivity index (χ0) is 43.0. The molecule has 1 unspecified atom stereocenters. The molecule has 59 heavy (non-hydrogen) atoms. The van der Waals surface area contributed by atoms with Gasteiger partial charge in [-0.3, -0.25) is 14.4 Å². The van der Waals surface area contributed by atoms with Crippen molar-refractivity contribution in [3.63, 3.8) is 0 Å². The molecule has 0 rings (SSSR count). The normalized spacial score (nSPS) is 12.4. The van der Waals surface area contributed by atoms with Crippen LogP contribution in [0.2, 0.25) is 0 Å². The van der Waals surface area contributed by atoms with Gasteiger partial charge in [0.2, 0.25) is 0 Å². The van der Waals surface area contributed by atoms with E-state index in [2.05, 4.69) is 69.4 Å². The SMILES string of the molecule is CC/C=C\C/C=C\C/C=C\C/C=C\CCCCCCCCCCCCCCC(=O)OCC(COC(=O)CCCCCCC)OC(=O)CCCCCCCCCCCCC. The number of allylic oxidation sites excluding steroid dienone is 8. The minimum Gasteiger partial charge on any atom is -0.462 e. The number of esters is 3. The van der Waals surface area contributed by atoms with E-state index in [9.17, 15) is 14.4 Å². The lowest BCUT2D eigenvalue weighted by atomic mass is 10.0. The summed E-state index contributed by atoms with van der Waals surface area (Å²) >= 11 is 0. The Hall–Kier alpha value is -2.63. The minimum absolute atomic E-state index is 0.0715. The third-order valence-corrected chi connectivity index (χ3v) is 10.8. The van der Waals surface area contributed by atoms with Crippen LogP contribution in [-0.2, 0) is 28.6 Å². The molecule has 0 bridgehead atoms. The third kappa shape index (κ3) is 46.3. The molecule has 0 aromatic rings. The second kappa shape index (κ2) is 48.0. The summed E-state index contributed by atoms with van der Waals surface area (Å²) in [6.45, 7) is 6.44. The Morgan fingerprint density at radius 1 is 0.356 bits per heavy atom. The predicted molar refractivity (Wildman–Crippen MR) is 252 cm³/mol. The summed E-state index contributed by atoms with van der Waals surface area (Å²) in [5.74, 6) is -0.883. The summed E-state index contributed by atoms with van der Waals surface area (Å²) in [4.78, 5) is 37.5. The van der Waals surface area contributed by atoms with Crippen LogP contribution in [0.3, 0.4) is 0 Å². The molecule has 342 valence electrons. The van der Waals surface area contributed by atoms with Gasteiger partial charge in [-0.25, -0.2) is 0 Å². The molecule has 0 saturated heterocycles. The van der Waals surface area contributed by atoms with E-state index in [0.717, 1.165) is 89.9 Å². The van der Waals surface area contributed by atoms with E-state index in [-0.39, 0.29) is 31.1 Å². The smallest absolute Gasteiger partial charge is 0.306 e. The van der Waals surface area contributed by atoms with Crippen LogP contribution in [0.5, 0.6) is 0 Å². The molecular weight excluding hydrogens is 733 g/mol. The minimum atomic E-state index is -0.765. The lowest BCUT2D eigenvalue weighted by Crippen LogP contribution is -2.30. The average molecular weight is 827 g/mol. The molecule has 6 heteroatoms. The average Bonchev–Trinajstić information content (AvgIpc) is 3.23. The Morgan fingerprint density at radius 2 is 0.661 bits per heavy atom. The van der Waals surface area contributed by atoms with Crippen molar-refractivity contribution in [2.24, 2.45) is 0 Å². The van der Waals surface area contributed by atoms with Gasteiger partial charge in [0.1, 0.15) is 13.2 Å². The fraction of sp³-hybridized carbons (Fsp3) is 0.792. The number of ether oxygens (including phenoxy) is 3. The van der Waals surface area contributed by atoms with Crippen LogP contribution in [0.4, 0.5) is 0 Å². The van der Waals surface area contributed by atoms with Crippen molar-refractivity contribution in [3.8, 4) is 0 Å². The molecule has 0 N–H and O–H groups in total. The number of unbranched alkanes of at least 4 members (excludes halogenated alkanes) is 26. The Balaban J connectivity index is 4.04. The first-order chi connectivity index (χ1) is 29.0. The maximum atomic E-state index is 12.7. The zero-order valence-corrected chi connectivity index (χ0v) is 39.0. The third-order valence-electron chi connectivity index (χ3n) is 10.8. The van der Waals surface area contributed by atoms with E-state index >= 15 is 0 Å². The number of rotatable bonds is 45. The number of carbonyl (C=O) groups is 3. The Kier molecular flexibility index (Phi) is 45.9. The Bertz CT molecular complexity index is 1040. The number of hydrogen-bond acceptors (Lipinski definition) is 6. The van der Waals surface area contributed by atoms with Crippen molar-refractivity contribution >= 4 is 17.9 Å². The topological polar surface area (TPSA) is 78.9 Å². The van der Waals surface area contributed by atoms with Gasteiger partial charge < -0.3 is 14.2 Å². The fourth-order valence-electron chi connectivity index (χ4n) is 7.08. The van der Waals surface area contributed by atoms with Crippen LogP contribution < -0.4 is 0 Å². The lowest BCUT2D eigenvalue weighted by molar-refractivity contribution is -0.167. The van der Waals surface area contributed by atoms with Crippen molar-refractivity contribution in [2.45, 2.75) is 258 Å². The second-order valence-corrected chi connectivity index (χ2v) is 16.7. The van der Waals surface area contributed by atoms with Gasteiger partial charge >= 0.3 is 17.9 Å². The lowest BCUT2D eigenvalue weighted by Gasteiger charge is -2.18. The van der Waals surface area contributed by atoms with E-state index in [1.165, 1.54) is 122 Å². The first-order valence-corrected chi connectivity index (χ1v) is 25.1. The monoisotopic (exact) mass is 827 g/mol. The molecule has 0 aliphatic rings. The first-order valence-electron chi connectivity index (χ1n) is 25.1. The van der Waals surface area contributed by atoms with Crippen molar-refractivity contribution in [2.75, 3.05) is 13.2 Å². The van der Waals surface area contributed by atoms with Gasteiger partial charge in [-0.2, -0.15) is 0 Å². The maximum absolute atomic E-state index is 12.7. The van der Waals surface area contributed by atoms with Gasteiger partial charge in [0, 0.05) is 19.3 Å².